The van der Waals surface area contributed by atoms with Crippen molar-refractivity contribution in [2.75, 3.05) is 0 Å². The van der Waals surface area contributed by atoms with Gasteiger partial charge in [-0.25, -0.2) is 0 Å². The summed E-state index contributed by atoms with van der Waals surface area (Å²) in [5.74, 6) is 0. The van der Waals surface area contributed by atoms with E-state index < -0.39 is 0 Å². The molecule has 7 aromatic carbocycles. The first kappa shape index (κ1) is 37.2. The average molecular weight is 908 g/mol. The predicted octanol–water partition coefficient (Wildman–Crippen LogP) is 13.5. The van der Waals surface area contributed by atoms with Crippen molar-refractivity contribution in [3.8, 4) is 61.6 Å². The standard InChI is InChI=1S/C41H27N2.C12H10N.Ir/c1-2-11-36(12-3-1)43-40-15-5-4-13-37(40)38-28-34(24-25-41(38)43)32-22-18-30(19-23-32)29-16-20-31(21-17-29)33-9-8-10-35(27-33)39-14-6-7-26-42-39;1-10-6-5-9-12(13-10)11-7-3-2-4-8-11;/h1-9,11-28H;2-7,9H,1H3;/q2*-1;. The van der Waals surface area contributed by atoms with E-state index in [4.69, 9.17) is 0 Å². The van der Waals surface area contributed by atoms with Crippen molar-refractivity contribution < 1.29 is 20.1 Å². The monoisotopic (exact) mass is 908 g/mol. The van der Waals surface area contributed by atoms with Gasteiger partial charge in [-0.3, -0.25) is 0 Å². The van der Waals surface area contributed by atoms with E-state index in [1.165, 1.54) is 55.3 Å². The Bertz CT molecular complexity index is 2880. The molecule has 10 aromatic rings. The Balaban J connectivity index is 0.000000277. The number of nitrogens with zero attached hydrogens (tertiary/aromatic N) is 3. The third-order valence-corrected chi connectivity index (χ3v) is 10.1. The van der Waals surface area contributed by atoms with Gasteiger partial charge in [0.1, 0.15) is 0 Å². The molecule has 0 bridgehead atoms. The fourth-order valence-electron chi connectivity index (χ4n) is 7.28. The molecule has 3 nitrogen and oxygen atoms in total. The second kappa shape index (κ2) is 17.0. The quantitative estimate of drug-likeness (QED) is 0.156. The maximum absolute atomic E-state index is 4.48. The third kappa shape index (κ3) is 8.01. The zero-order valence-corrected chi connectivity index (χ0v) is 33.7. The molecule has 0 unspecified atom stereocenters. The summed E-state index contributed by atoms with van der Waals surface area (Å²) in [4.78, 5) is 8.89. The number of aryl methyl sites for hydroxylation is 1. The molecule has 4 heteroatoms. The number of hydrogen-bond acceptors (Lipinski definition) is 2. The molecule has 10 rings (SSSR count). The van der Waals surface area contributed by atoms with Crippen molar-refractivity contribution in [1.82, 2.24) is 14.5 Å². The Morgan fingerprint density at radius 2 is 1.02 bits per heavy atom. The Morgan fingerprint density at radius 1 is 0.421 bits per heavy atom. The van der Waals surface area contributed by atoms with Crippen LogP contribution in [0.4, 0.5) is 0 Å². The topological polar surface area (TPSA) is 30.7 Å². The molecule has 0 aliphatic heterocycles. The molecule has 0 saturated heterocycles. The Labute approximate surface area is 347 Å². The van der Waals surface area contributed by atoms with Crippen LogP contribution < -0.4 is 0 Å². The fourth-order valence-corrected chi connectivity index (χ4v) is 7.28. The average Bonchev–Trinajstić information content (AvgIpc) is 3.61. The summed E-state index contributed by atoms with van der Waals surface area (Å²) >= 11 is 0. The summed E-state index contributed by atoms with van der Waals surface area (Å²) in [5.41, 5.74) is 15.8. The molecule has 0 saturated carbocycles. The van der Waals surface area contributed by atoms with E-state index in [-0.39, 0.29) is 20.1 Å². The van der Waals surface area contributed by atoms with Crippen LogP contribution in [-0.2, 0) is 20.1 Å². The maximum atomic E-state index is 4.48. The summed E-state index contributed by atoms with van der Waals surface area (Å²) in [5, 5.41) is 2.53. The van der Waals surface area contributed by atoms with E-state index in [1.54, 1.807) is 0 Å². The molecule has 0 fully saturated rings. The first-order valence-corrected chi connectivity index (χ1v) is 18.8. The van der Waals surface area contributed by atoms with Gasteiger partial charge in [-0.2, -0.15) is 0 Å². The van der Waals surface area contributed by atoms with Gasteiger partial charge in [0.25, 0.3) is 0 Å². The molecule has 0 aliphatic rings. The van der Waals surface area contributed by atoms with E-state index in [2.05, 4.69) is 160 Å². The molecular formula is C53H37IrN3-2. The Hall–Kier alpha value is -6.71. The summed E-state index contributed by atoms with van der Waals surface area (Å²) < 4.78 is 2.36. The molecule has 0 atom stereocenters. The molecule has 3 aromatic heterocycles. The second-order valence-corrected chi connectivity index (χ2v) is 13.7. The van der Waals surface area contributed by atoms with Crippen LogP contribution in [0.2, 0.25) is 0 Å². The molecule has 0 amide bonds. The Morgan fingerprint density at radius 3 is 1.70 bits per heavy atom. The molecule has 0 N–H and O–H groups in total. The molecule has 0 spiro atoms. The van der Waals surface area contributed by atoms with Gasteiger partial charge in [-0.05, 0) is 88.6 Å². The van der Waals surface area contributed by atoms with Gasteiger partial charge in [-0.15, -0.1) is 71.3 Å². The molecule has 1 radical (unpaired) electrons. The summed E-state index contributed by atoms with van der Waals surface area (Å²) in [7, 11) is 0. The minimum Gasteiger partial charge on any atom is -0.309 e. The number of aromatic nitrogens is 3. The minimum absolute atomic E-state index is 0. The number of benzene rings is 7. The number of pyridine rings is 2. The number of para-hydroxylation sites is 2. The van der Waals surface area contributed by atoms with Gasteiger partial charge < -0.3 is 14.5 Å². The smallest absolute Gasteiger partial charge is 0.0541 e. The van der Waals surface area contributed by atoms with Crippen molar-refractivity contribution >= 4 is 21.8 Å². The van der Waals surface area contributed by atoms with Crippen LogP contribution >= 0.6 is 0 Å². The summed E-state index contributed by atoms with van der Waals surface area (Å²) in [6.45, 7) is 1.99. The van der Waals surface area contributed by atoms with Crippen LogP contribution in [0.15, 0.2) is 206 Å². The number of hydrogen-bond donors (Lipinski definition) is 0. The van der Waals surface area contributed by atoms with Gasteiger partial charge in [0.2, 0.25) is 0 Å². The third-order valence-electron chi connectivity index (χ3n) is 10.1. The largest absolute Gasteiger partial charge is 0.309 e. The predicted molar refractivity (Wildman–Crippen MR) is 232 cm³/mol. The molecule has 0 aliphatic carbocycles. The fraction of sp³-hybridized carbons (Fsp3) is 0.0189. The van der Waals surface area contributed by atoms with Crippen LogP contribution in [0.25, 0.3) is 83.4 Å². The van der Waals surface area contributed by atoms with Gasteiger partial charge in [0.15, 0.2) is 0 Å². The van der Waals surface area contributed by atoms with E-state index in [0.717, 1.165) is 33.8 Å². The SMILES string of the molecule is Cc1cccc(-c2[c-]cccc2)n1.[Ir].[c-]1ccc(-c2ccc(-c3ccc(-c4ccc5c(c4)c4ccccc4n5-c4ccccc4)cc3)cc2)cc1-c1ccccn1. The number of rotatable bonds is 6. The van der Waals surface area contributed by atoms with Gasteiger partial charge in [0.05, 0.1) is 11.0 Å². The van der Waals surface area contributed by atoms with Crippen molar-refractivity contribution in [3.05, 3.63) is 224 Å². The van der Waals surface area contributed by atoms with Crippen LogP contribution in [0, 0.1) is 19.1 Å². The van der Waals surface area contributed by atoms with Crippen molar-refractivity contribution in [2.24, 2.45) is 0 Å². The minimum atomic E-state index is 0. The zero-order valence-electron chi connectivity index (χ0n) is 31.3. The normalized spacial score (nSPS) is 10.8. The zero-order chi connectivity index (χ0) is 37.7. The second-order valence-electron chi connectivity index (χ2n) is 13.7. The van der Waals surface area contributed by atoms with Crippen LogP contribution in [0.5, 0.6) is 0 Å². The van der Waals surface area contributed by atoms with Gasteiger partial charge in [0, 0.05) is 48.5 Å². The van der Waals surface area contributed by atoms with E-state index >= 15 is 0 Å². The van der Waals surface area contributed by atoms with E-state index in [9.17, 15) is 0 Å². The first-order chi connectivity index (χ1) is 27.7. The molecule has 3 heterocycles. The van der Waals surface area contributed by atoms with Crippen LogP contribution in [0.1, 0.15) is 5.69 Å². The first-order valence-electron chi connectivity index (χ1n) is 18.8. The van der Waals surface area contributed by atoms with Gasteiger partial charge in [-0.1, -0.05) is 115 Å². The van der Waals surface area contributed by atoms with Crippen LogP contribution in [0.3, 0.4) is 0 Å². The number of fused-ring (bicyclic) bond motifs is 3. The molecule has 57 heavy (non-hydrogen) atoms. The van der Waals surface area contributed by atoms with Crippen molar-refractivity contribution in [3.63, 3.8) is 0 Å². The summed E-state index contributed by atoms with van der Waals surface area (Å²) in [6, 6.07) is 76.3. The van der Waals surface area contributed by atoms with Crippen LogP contribution in [-0.4, -0.2) is 14.5 Å². The van der Waals surface area contributed by atoms with Crippen molar-refractivity contribution in [1.29, 1.82) is 0 Å². The molecular weight excluding hydrogens is 871 g/mol. The maximum Gasteiger partial charge on any atom is 0.0541 e. The molecule has 275 valence electrons. The summed E-state index contributed by atoms with van der Waals surface area (Å²) in [6.07, 6.45) is 1.82. The van der Waals surface area contributed by atoms with E-state index in [0.29, 0.717) is 0 Å². The van der Waals surface area contributed by atoms with E-state index in [1.807, 2.05) is 79.9 Å². The Kier molecular flexibility index (Phi) is 11.1. The van der Waals surface area contributed by atoms with Gasteiger partial charge >= 0.3 is 0 Å². The van der Waals surface area contributed by atoms with Crippen molar-refractivity contribution in [2.45, 2.75) is 6.92 Å².